The molecule has 0 bridgehead atoms. The highest BCUT2D eigenvalue weighted by molar-refractivity contribution is 5.73. The third kappa shape index (κ3) is 3.04. The number of rotatable bonds is 3. The molecule has 2 heterocycles. The highest BCUT2D eigenvalue weighted by Gasteiger charge is 2.09. The number of allylic oxidation sites excluding steroid dienone is 3. The molecule has 1 N–H and O–H groups in total. The van der Waals surface area contributed by atoms with Gasteiger partial charge in [0.15, 0.2) is 11.5 Å². The molecule has 2 rings (SSSR count). The number of aliphatic imine (C=N–C) groups is 1. The van der Waals surface area contributed by atoms with Crippen molar-refractivity contribution >= 4 is 23.6 Å². The largest absolute Gasteiger partial charge is 0.283 e. The third-order valence-corrected chi connectivity index (χ3v) is 2.19. The molecule has 0 spiro atoms. The highest BCUT2D eigenvalue weighted by Crippen LogP contribution is 2.06. The van der Waals surface area contributed by atoms with Gasteiger partial charge >= 0.3 is 0 Å². The Labute approximate surface area is 111 Å². The molecular formula is C13H17N5O. The Kier molecular flexibility index (Phi) is 5.40. The van der Waals surface area contributed by atoms with Crippen molar-refractivity contribution in [3.8, 4) is 0 Å². The van der Waals surface area contributed by atoms with Gasteiger partial charge in [-0.25, -0.2) is 15.0 Å². The summed E-state index contributed by atoms with van der Waals surface area (Å²) in [5.41, 5.74) is 0.226. The van der Waals surface area contributed by atoms with Gasteiger partial charge in [0.1, 0.15) is 11.7 Å². The van der Waals surface area contributed by atoms with Gasteiger partial charge in [0.25, 0.3) is 5.56 Å². The van der Waals surface area contributed by atoms with E-state index in [2.05, 4.69) is 26.8 Å². The molecule has 0 atom stereocenters. The van der Waals surface area contributed by atoms with Crippen LogP contribution in [0.1, 0.15) is 20.8 Å². The summed E-state index contributed by atoms with van der Waals surface area (Å²) in [6.45, 7) is 9.31. The molecule has 0 radical (unpaired) electrons. The van der Waals surface area contributed by atoms with Crippen LogP contribution in [-0.4, -0.2) is 26.5 Å². The zero-order valence-corrected chi connectivity index (χ0v) is 11.3. The van der Waals surface area contributed by atoms with Gasteiger partial charge in [0.2, 0.25) is 0 Å². The lowest BCUT2D eigenvalue weighted by Crippen LogP contribution is -2.14. The Bertz CT molecular complexity index is 663. The summed E-state index contributed by atoms with van der Waals surface area (Å²) in [7, 11) is 0. The predicted octanol–water partition coefficient (Wildman–Crippen LogP) is 2.22. The normalized spacial score (nSPS) is 11.4. The van der Waals surface area contributed by atoms with Gasteiger partial charge in [-0.05, 0) is 19.7 Å². The van der Waals surface area contributed by atoms with E-state index in [1.54, 1.807) is 12.2 Å². The SMILES string of the molecule is C=N/C(=C\C=C/C)n1[nH]c2ncncc2c1=O.CC. The zero-order chi connectivity index (χ0) is 14.3. The minimum absolute atomic E-state index is 0.247. The van der Waals surface area contributed by atoms with Crippen molar-refractivity contribution in [2.24, 2.45) is 4.99 Å². The number of aromatic nitrogens is 4. The molecule has 0 saturated carbocycles. The molecule has 6 nitrogen and oxygen atoms in total. The Morgan fingerprint density at radius 3 is 2.84 bits per heavy atom. The van der Waals surface area contributed by atoms with Gasteiger partial charge in [0, 0.05) is 6.20 Å². The van der Waals surface area contributed by atoms with E-state index in [1.165, 1.54) is 17.2 Å². The van der Waals surface area contributed by atoms with Crippen LogP contribution in [0.5, 0.6) is 0 Å². The van der Waals surface area contributed by atoms with E-state index in [0.29, 0.717) is 16.9 Å². The summed E-state index contributed by atoms with van der Waals surface area (Å²) < 4.78 is 1.28. The minimum Gasteiger partial charge on any atom is -0.272 e. The first-order chi connectivity index (χ1) is 9.27. The van der Waals surface area contributed by atoms with Crippen LogP contribution >= 0.6 is 0 Å². The van der Waals surface area contributed by atoms with E-state index in [1.807, 2.05) is 26.8 Å². The van der Waals surface area contributed by atoms with Crippen LogP contribution in [0.3, 0.4) is 0 Å². The van der Waals surface area contributed by atoms with Crippen LogP contribution in [-0.2, 0) is 0 Å². The van der Waals surface area contributed by atoms with Crippen molar-refractivity contribution in [3.05, 3.63) is 41.1 Å². The van der Waals surface area contributed by atoms with E-state index in [9.17, 15) is 4.79 Å². The summed E-state index contributed by atoms with van der Waals surface area (Å²) in [4.78, 5) is 23.6. The molecule has 0 aliphatic carbocycles. The Morgan fingerprint density at radius 1 is 1.53 bits per heavy atom. The second-order valence-electron chi connectivity index (χ2n) is 3.25. The van der Waals surface area contributed by atoms with Gasteiger partial charge in [-0.1, -0.05) is 26.0 Å². The average Bonchev–Trinajstić information content (AvgIpc) is 2.80. The van der Waals surface area contributed by atoms with E-state index in [0.717, 1.165) is 0 Å². The number of hydrogen-bond donors (Lipinski definition) is 1. The van der Waals surface area contributed by atoms with Gasteiger partial charge < -0.3 is 0 Å². The maximum Gasteiger partial charge on any atom is 0.283 e. The first kappa shape index (κ1) is 14.6. The van der Waals surface area contributed by atoms with E-state index in [-0.39, 0.29) is 5.56 Å². The fraction of sp³-hybridized carbons (Fsp3) is 0.231. The molecule has 19 heavy (non-hydrogen) atoms. The number of nitrogens with zero attached hydrogens (tertiary/aromatic N) is 4. The summed E-state index contributed by atoms with van der Waals surface area (Å²) in [5, 5.41) is 3.26. The van der Waals surface area contributed by atoms with E-state index < -0.39 is 0 Å². The number of fused-ring (bicyclic) bond motifs is 1. The maximum atomic E-state index is 12.0. The van der Waals surface area contributed by atoms with Crippen molar-refractivity contribution in [2.45, 2.75) is 20.8 Å². The minimum atomic E-state index is -0.247. The molecule has 6 heteroatoms. The molecule has 0 unspecified atom stereocenters. The first-order valence-corrected chi connectivity index (χ1v) is 5.98. The summed E-state index contributed by atoms with van der Waals surface area (Å²) >= 11 is 0. The molecular weight excluding hydrogens is 242 g/mol. The number of H-pyrrole nitrogens is 1. The highest BCUT2D eigenvalue weighted by atomic mass is 16.1. The lowest BCUT2D eigenvalue weighted by Gasteiger charge is -1.98. The van der Waals surface area contributed by atoms with Crippen LogP contribution < -0.4 is 5.56 Å². The van der Waals surface area contributed by atoms with Crippen LogP contribution in [0.15, 0.2) is 40.5 Å². The average molecular weight is 259 g/mol. The topological polar surface area (TPSA) is 75.9 Å². The van der Waals surface area contributed by atoms with Crippen molar-refractivity contribution < 1.29 is 0 Å². The zero-order valence-electron chi connectivity index (χ0n) is 11.3. The van der Waals surface area contributed by atoms with E-state index in [4.69, 9.17) is 0 Å². The van der Waals surface area contributed by atoms with Crippen LogP contribution in [0.4, 0.5) is 0 Å². The molecule has 0 amide bonds. The van der Waals surface area contributed by atoms with Crippen molar-refractivity contribution in [2.75, 3.05) is 0 Å². The maximum absolute atomic E-state index is 12.0. The number of aromatic amines is 1. The van der Waals surface area contributed by atoms with Crippen molar-refractivity contribution in [1.82, 2.24) is 19.7 Å². The quantitative estimate of drug-likeness (QED) is 0.678. The molecule has 0 fully saturated rings. The number of hydrogen-bond acceptors (Lipinski definition) is 4. The molecule has 0 saturated heterocycles. The molecule has 0 aliphatic heterocycles. The van der Waals surface area contributed by atoms with Gasteiger partial charge in [0.05, 0.1) is 0 Å². The standard InChI is InChI=1S/C11H11N5O.C2H6/c1-3-4-5-9(12-2)16-11(17)8-6-13-7-14-10(8)15-16;1-2/h3-7H,2H2,1H3,(H,13,14,15);1-2H3/b4-3-,9-5+;. The van der Waals surface area contributed by atoms with E-state index >= 15 is 0 Å². The van der Waals surface area contributed by atoms with Gasteiger partial charge in [-0.3, -0.25) is 9.89 Å². The summed E-state index contributed by atoms with van der Waals surface area (Å²) in [6.07, 6.45) is 8.12. The number of nitrogens with one attached hydrogen (secondary N) is 1. The fourth-order valence-corrected chi connectivity index (χ4v) is 1.39. The van der Waals surface area contributed by atoms with Crippen LogP contribution in [0.25, 0.3) is 16.9 Å². The Balaban J connectivity index is 0.000000861. The smallest absolute Gasteiger partial charge is 0.272 e. The lowest BCUT2D eigenvalue weighted by atomic mass is 10.4. The molecule has 0 aliphatic rings. The second kappa shape index (κ2) is 7.05. The monoisotopic (exact) mass is 259 g/mol. The third-order valence-electron chi connectivity index (χ3n) is 2.19. The summed E-state index contributed by atoms with van der Waals surface area (Å²) in [6, 6.07) is 0. The molecule has 2 aromatic heterocycles. The van der Waals surface area contributed by atoms with Gasteiger partial charge in [-0.2, -0.15) is 4.68 Å². The fourth-order valence-electron chi connectivity index (χ4n) is 1.39. The van der Waals surface area contributed by atoms with Crippen molar-refractivity contribution in [1.29, 1.82) is 0 Å². The Morgan fingerprint density at radius 2 is 2.26 bits per heavy atom. The Hall–Kier alpha value is -2.50. The molecule has 100 valence electrons. The first-order valence-electron chi connectivity index (χ1n) is 5.98. The van der Waals surface area contributed by atoms with Crippen molar-refractivity contribution in [3.63, 3.8) is 0 Å². The molecule has 2 aromatic rings. The summed E-state index contributed by atoms with van der Waals surface area (Å²) in [5.74, 6) is 0.408. The van der Waals surface area contributed by atoms with Gasteiger partial charge in [-0.15, -0.1) is 0 Å². The predicted molar refractivity (Wildman–Crippen MR) is 78.1 cm³/mol. The second-order valence-corrected chi connectivity index (χ2v) is 3.25. The van der Waals surface area contributed by atoms with Crippen LogP contribution in [0, 0.1) is 0 Å². The van der Waals surface area contributed by atoms with Crippen LogP contribution in [0.2, 0.25) is 0 Å². The molecule has 0 aromatic carbocycles. The lowest BCUT2D eigenvalue weighted by molar-refractivity contribution is 0.867.